The van der Waals surface area contributed by atoms with E-state index < -0.39 is 0 Å². The van der Waals surface area contributed by atoms with Crippen LogP contribution in [0.15, 0.2) is 12.1 Å². The van der Waals surface area contributed by atoms with Crippen molar-refractivity contribution in [3.05, 3.63) is 25.1 Å². The first-order chi connectivity index (χ1) is 6.20. The molecule has 0 fully saturated rings. The minimum atomic E-state index is 0.432. The highest BCUT2D eigenvalue weighted by molar-refractivity contribution is 14.1. The first-order valence-electron chi connectivity index (χ1n) is 3.60. The number of fused-ring (bicyclic) bond motifs is 1. The fourth-order valence-corrected chi connectivity index (χ4v) is 2.17. The molecule has 1 heterocycles. The maximum atomic E-state index is 5.68. The minimum Gasteiger partial charge on any atom is -0.341 e. The molecule has 2 aromatic rings. The lowest BCUT2D eigenvalue weighted by atomic mass is 10.3. The van der Waals surface area contributed by atoms with Gasteiger partial charge in [0.05, 0.1) is 16.9 Å². The van der Waals surface area contributed by atoms with Gasteiger partial charge in [0.15, 0.2) is 0 Å². The molecule has 0 radical (unpaired) electrons. The van der Waals surface area contributed by atoms with Gasteiger partial charge in [0, 0.05) is 7.14 Å². The predicted octanol–water partition coefficient (Wildman–Crippen LogP) is 3.51. The molecular formula is C8H5ClI2N2. The Hall–Kier alpha value is 0.440. The predicted molar refractivity (Wildman–Crippen MR) is 71.1 cm³/mol. The van der Waals surface area contributed by atoms with Crippen LogP contribution >= 0.6 is 56.8 Å². The van der Waals surface area contributed by atoms with E-state index in [1.54, 1.807) is 0 Å². The minimum absolute atomic E-state index is 0.432. The number of aromatic nitrogens is 2. The van der Waals surface area contributed by atoms with E-state index >= 15 is 0 Å². The number of alkyl halides is 1. The van der Waals surface area contributed by atoms with Crippen molar-refractivity contribution in [1.29, 1.82) is 0 Å². The van der Waals surface area contributed by atoms with Crippen LogP contribution in [0, 0.1) is 7.14 Å². The number of imidazole rings is 1. The summed E-state index contributed by atoms with van der Waals surface area (Å²) in [4.78, 5) is 7.50. The summed E-state index contributed by atoms with van der Waals surface area (Å²) in [5.41, 5.74) is 2.04. The molecule has 0 unspecified atom stereocenters. The second-order valence-corrected chi connectivity index (χ2v) is 5.19. The summed E-state index contributed by atoms with van der Waals surface area (Å²) in [5.74, 6) is 1.26. The van der Waals surface area contributed by atoms with E-state index in [-0.39, 0.29) is 0 Å². The molecule has 0 saturated carbocycles. The van der Waals surface area contributed by atoms with E-state index in [0.29, 0.717) is 5.88 Å². The summed E-state index contributed by atoms with van der Waals surface area (Å²) in [5, 5.41) is 0. The lowest BCUT2D eigenvalue weighted by Crippen LogP contribution is -1.78. The van der Waals surface area contributed by atoms with Crippen molar-refractivity contribution in [2.75, 3.05) is 0 Å². The van der Waals surface area contributed by atoms with Crippen molar-refractivity contribution < 1.29 is 0 Å². The maximum absolute atomic E-state index is 5.68. The van der Waals surface area contributed by atoms with Crippen molar-refractivity contribution in [1.82, 2.24) is 9.97 Å². The molecule has 13 heavy (non-hydrogen) atoms. The molecule has 2 nitrogen and oxygen atoms in total. The lowest BCUT2D eigenvalue weighted by Gasteiger charge is -1.94. The molecule has 0 bridgehead atoms. The van der Waals surface area contributed by atoms with Crippen molar-refractivity contribution in [3.63, 3.8) is 0 Å². The zero-order valence-corrected chi connectivity index (χ0v) is 11.5. The maximum Gasteiger partial charge on any atom is 0.122 e. The van der Waals surface area contributed by atoms with Crippen molar-refractivity contribution in [3.8, 4) is 0 Å². The Morgan fingerprint density at radius 2 is 2.00 bits per heavy atom. The molecule has 1 aromatic heterocycles. The number of halogens is 3. The SMILES string of the molecule is ClCc1nc2cc(I)c(I)cc2[nH]1. The third-order valence-electron chi connectivity index (χ3n) is 1.70. The second-order valence-electron chi connectivity index (χ2n) is 2.60. The smallest absolute Gasteiger partial charge is 0.122 e. The van der Waals surface area contributed by atoms with E-state index in [4.69, 9.17) is 11.6 Å². The first kappa shape index (κ1) is 9.97. The van der Waals surface area contributed by atoms with Crippen LogP contribution in [0.1, 0.15) is 5.82 Å². The number of benzene rings is 1. The standard InChI is InChI=1S/C8H5ClI2N2/c9-3-8-12-6-1-4(10)5(11)2-7(6)13-8/h1-2H,3H2,(H,12,13). The Morgan fingerprint density at radius 1 is 1.31 bits per heavy atom. The molecule has 0 saturated heterocycles. The Labute approximate surface area is 108 Å². The Morgan fingerprint density at radius 3 is 2.69 bits per heavy atom. The number of rotatable bonds is 1. The third kappa shape index (κ3) is 1.94. The summed E-state index contributed by atoms with van der Waals surface area (Å²) in [6, 6.07) is 4.14. The number of aromatic amines is 1. The van der Waals surface area contributed by atoms with Crippen LogP contribution in [0.2, 0.25) is 0 Å². The third-order valence-corrected chi connectivity index (χ3v) is 4.77. The molecule has 68 valence electrons. The average molecular weight is 418 g/mol. The monoisotopic (exact) mass is 418 g/mol. The van der Waals surface area contributed by atoms with Gasteiger partial charge in [0.1, 0.15) is 5.82 Å². The zero-order valence-electron chi connectivity index (χ0n) is 6.44. The summed E-state index contributed by atoms with van der Waals surface area (Å²) in [6.45, 7) is 0. The molecule has 2 rings (SSSR count). The number of hydrogen-bond acceptors (Lipinski definition) is 1. The average Bonchev–Trinajstić information content (AvgIpc) is 2.48. The molecule has 1 N–H and O–H groups in total. The molecule has 1 aromatic carbocycles. The fraction of sp³-hybridized carbons (Fsp3) is 0.125. The second kappa shape index (κ2) is 3.90. The molecular weight excluding hydrogens is 413 g/mol. The molecule has 0 amide bonds. The van der Waals surface area contributed by atoms with Gasteiger partial charge in [-0.1, -0.05) is 0 Å². The van der Waals surface area contributed by atoms with E-state index in [0.717, 1.165) is 16.9 Å². The first-order valence-corrected chi connectivity index (χ1v) is 6.29. The van der Waals surface area contributed by atoms with Gasteiger partial charge in [0.2, 0.25) is 0 Å². The van der Waals surface area contributed by atoms with Crippen LogP contribution in [-0.2, 0) is 5.88 Å². The molecule has 0 aliphatic carbocycles. The van der Waals surface area contributed by atoms with Gasteiger partial charge in [-0.3, -0.25) is 0 Å². The lowest BCUT2D eigenvalue weighted by molar-refractivity contribution is 1.13. The Balaban J connectivity index is 2.70. The van der Waals surface area contributed by atoms with Gasteiger partial charge in [-0.2, -0.15) is 0 Å². The summed E-state index contributed by atoms with van der Waals surface area (Å²) < 4.78 is 2.45. The van der Waals surface area contributed by atoms with Crippen LogP contribution in [-0.4, -0.2) is 9.97 Å². The molecule has 0 spiro atoms. The summed E-state index contributed by atoms with van der Waals surface area (Å²) in [7, 11) is 0. The Kier molecular flexibility index (Phi) is 2.99. The van der Waals surface area contributed by atoms with Gasteiger partial charge >= 0.3 is 0 Å². The highest BCUT2D eigenvalue weighted by Gasteiger charge is 2.04. The van der Waals surface area contributed by atoms with Crippen LogP contribution in [0.25, 0.3) is 11.0 Å². The highest BCUT2D eigenvalue weighted by Crippen LogP contribution is 2.21. The van der Waals surface area contributed by atoms with Crippen molar-refractivity contribution in [2.24, 2.45) is 0 Å². The summed E-state index contributed by atoms with van der Waals surface area (Å²) >= 11 is 10.3. The fourth-order valence-electron chi connectivity index (χ4n) is 1.12. The van der Waals surface area contributed by atoms with E-state index in [1.807, 2.05) is 0 Å². The highest BCUT2D eigenvalue weighted by atomic mass is 127. The van der Waals surface area contributed by atoms with Crippen LogP contribution in [0.3, 0.4) is 0 Å². The molecule has 5 heteroatoms. The topological polar surface area (TPSA) is 28.7 Å². The number of hydrogen-bond donors (Lipinski definition) is 1. The van der Waals surface area contributed by atoms with Crippen LogP contribution in [0.5, 0.6) is 0 Å². The van der Waals surface area contributed by atoms with Gasteiger partial charge in [-0.15, -0.1) is 11.6 Å². The largest absolute Gasteiger partial charge is 0.341 e. The normalized spacial score (nSPS) is 11.0. The van der Waals surface area contributed by atoms with Crippen LogP contribution in [0.4, 0.5) is 0 Å². The van der Waals surface area contributed by atoms with E-state index in [2.05, 4.69) is 67.3 Å². The van der Waals surface area contributed by atoms with Gasteiger partial charge in [0.25, 0.3) is 0 Å². The van der Waals surface area contributed by atoms with Crippen LogP contribution < -0.4 is 0 Å². The van der Waals surface area contributed by atoms with Gasteiger partial charge in [-0.25, -0.2) is 4.98 Å². The number of H-pyrrole nitrogens is 1. The van der Waals surface area contributed by atoms with Crippen molar-refractivity contribution >= 4 is 67.8 Å². The van der Waals surface area contributed by atoms with E-state index in [1.165, 1.54) is 7.14 Å². The van der Waals surface area contributed by atoms with Gasteiger partial charge < -0.3 is 4.98 Å². The number of nitrogens with zero attached hydrogens (tertiary/aromatic N) is 1. The molecule has 0 atom stereocenters. The van der Waals surface area contributed by atoms with E-state index in [9.17, 15) is 0 Å². The molecule has 0 aliphatic rings. The van der Waals surface area contributed by atoms with Crippen molar-refractivity contribution in [2.45, 2.75) is 5.88 Å². The Bertz CT molecular complexity index is 414. The quantitative estimate of drug-likeness (QED) is 0.557. The zero-order chi connectivity index (χ0) is 9.42. The summed E-state index contributed by atoms with van der Waals surface area (Å²) in [6.07, 6.45) is 0. The molecule has 0 aliphatic heterocycles. The number of nitrogens with one attached hydrogen (secondary N) is 1. The van der Waals surface area contributed by atoms with Gasteiger partial charge in [-0.05, 0) is 57.3 Å².